The van der Waals surface area contributed by atoms with E-state index >= 15 is 0 Å². The zero-order valence-corrected chi connectivity index (χ0v) is 9.76. The first-order chi connectivity index (χ1) is 7.50. The Balaban J connectivity index is 2.66. The van der Waals surface area contributed by atoms with Gasteiger partial charge in [-0.1, -0.05) is 16.8 Å². The highest BCUT2D eigenvalue weighted by molar-refractivity contribution is 6.29. The van der Waals surface area contributed by atoms with Gasteiger partial charge in [0.05, 0.1) is 17.0 Å². The maximum absolute atomic E-state index is 13.3. The first-order valence-electron chi connectivity index (χ1n) is 4.63. The number of rotatable bonds is 1. The van der Waals surface area contributed by atoms with Crippen molar-refractivity contribution in [2.75, 3.05) is 0 Å². The van der Waals surface area contributed by atoms with Crippen molar-refractivity contribution in [3.8, 4) is 11.4 Å². The van der Waals surface area contributed by atoms with E-state index < -0.39 is 5.82 Å². The summed E-state index contributed by atoms with van der Waals surface area (Å²) in [5, 5.41) is 3.59. The topological polar surface area (TPSA) is 51.8 Å². The van der Waals surface area contributed by atoms with E-state index in [9.17, 15) is 4.39 Å². The van der Waals surface area contributed by atoms with Crippen LogP contribution in [0, 0.1) is 26.6 Å². The van der Waals surface area contributed by atoms with E-state index in [-0.39, 0.29) is 10.8 Å². The van der Waals surface area contributed by atoms with E-state index in [4.69, 9.17) is 16.1 Å². The van der Waals surface area contributed by atoms with Gasteiger partial charge in [0.15, 0.2) is 16.8 Å². The summed E-state index contributed by atoms with van der Waals surface area (Å²) in [6.45, 7) is 5.04. The standard InChI is InChI=1S/C10H9ClFN3O/c1-4-7(6(3)16-15-4)10-13-5(2)8(12)9(11)14-10/h1-3H3. The second-order valence-electron chi connectivity index (χ2n) is 3.44. The Bertz CT molecular complexity index is 510. The van der Waals surface area contributed by atoms with Crippen LogP contribution >= 0.6 is 11.6 Å². The van der Waals surface area contributed by atoms with Crippen LogP contribution in [-0.2, 0) is 0 Å². The van der Waals surface area contributed by atoms with Gasteiger partial charge >= 0.3 is 0 Å². The maximum Gasteiger partial charge on any atom is 0.181 e. The van der Waals surface area contributed by atoms with Gasteiger partial charge in [-0.05, 0) is 20.8 Å². The summed E-state index contributed by atoms with van der Waals surface area (Å²) in [5.41, 5.74) is 1.51. The van der Waals surface area contributed by atoms with Crippen molar-refractivity contribution in [1.29, 1.82) is 0 Å². The zero-order valence-electron chi connectivity index (χ0n) is 9.01. The van der Waals surface area contributed by atoms with Gasteiger partial charge < -0.3 is 4.52 Å². The monoisotopic (exact) mass is 241 g/mol. The molecule has 0 N–H and O–H groups in total. The maximum atomic E-state index is 13.3. The Kier molecular flexibility index (Phi) is 2.63. The summed E-state index contributed by atoms with van der Waals surface area (Å²) in [5.74, 6) is 0.317. The van der Waals surface area contributed by atoms with Crippen molar-refractivity contribution in [2.45, 2.75) is 20.8 Å². The summed E-state index contributed by atoms with van der Waals surface area (Å²) in [7, 11) is 0. The molecule has 6 heteroatoms. The van der Waals surface area contributed by atoms with E-state index in [1.165, 1.54) is 6.92 Å². The second kappa shape index (κ2) is 3.83. The molecule has 0 unspecified atom stereocenters. The van der Waals surface area contributed by atoms with Gasteiger partial charge in [-0.2, -0.15) is 0 Å². The fraction of sp³-hybridized carbons (Fsp3) is 0.300. The van der Waals surface area contributed by atoms with Gasteiger partial charge in [0.2, 0.25) is 0 Å². The van der Waals surface area contributed by atoms with Crippen LogP contribution in [0.15, 0.2) is 4.52 Å². The van der Waals surface area contributed by atoms with Crippen molar-refractivity contribution < 1.29 is 8.91 Å². The predicted molar refractivity (Wildman–Crippen MR) is 56.7 cm³/mol. The predicted octanol–water partition coefficient (Wildman–Crippen LogP) is 2.85. The lowest BCUT2D eigenvalue weighted by atomic mass is 10.2. The molecular formula is C10H9ClFN3O. The number of hydrogen-bond donors (Lipinski definition) is 0. The average Bonchev–Trinajstić information content (AvgIpc) is 2.54. The van der Waals surface area contributed by atoms with Crippen LogP contribution in [0.1, 0.15) is 17.1 Å². The fourth-order valence-corrected chi connectivity index (χ4v) is 1.66. The van der Waals surface area contributed by atoms with Gasteiger partial charge in [0.25, 0.3) is 0 Å². The Morgan fingerprint density at radius 1 is 1.12 bits per heavy atom. The van der Waals surface area contributed by atoms with E-state index in [1.54, 1.807) is 13.8 Å². The molecular weight excluding hydrogens is 233 g/mol. The SMILES string of the molecule is Cc1nc(-c2c(C)noc2C)nc(Cl)c1F. The summed E-state index contributed by atoms with van der Waals surface area (Å²) in [6.07, 6.45) is 0. The molecule has 84 valence electrons. The summed E-state index contributed by atoms with van der Waals surface area (Å²) >= 11 is 5.66. The van der Waals surface area contributed by atoms with Crippen LogP contribution in [-0.4, -0.2) is 15.1 Å². The van der Waals surface area contributed by atoms with Crippen LogP contribution in [0.4, 0.5) is 4.39 Å². The number of halogens is 2. The third-order valence-corrected chi connectivity index (χ3v) is 2.48. The van der Waals surface area contributed by atoms with Crippen LogP contribution in [0.5, 0.6) is 0 Å². The van der Waals surface area contributed by atoms with E-state index in [1.807, 2.05) is 0 Å². The molecule has 0 aromatic carbocycles. The lowest BCUT2D eigenvalue weighted by Crippen LogP contribution is -1.98. The molecule has 0 saturated heterocycles. The minimum absolute atomic E-state index is 0.192. The summed E-state index contributed by atoms with van der Waals surface area (Å²) in [6, 6.07) is 0. The molecule has 0 amide bonds. The van der Waals surface area contributed by atoms with Crippen molar-refractivity contribution in [1.82, 2.24) is 15.1 Å². The van der Waals surface area contributed by atoms with E-state index in [2.05, 4.69) is 15.1 Å². The quantitative estimate of drug-likeness (QED) is 0.721. The molecule has 0 aliphatic heterocycles. The number of hydrogen-bond acceptors (Lipinski definition) is 4. The number of nitrogens with zero attached hydrogens (tertiary/aromatic N) is 3. The molecule has 2 rings (SSSR count). The molecule has 0 bridgehead atoms. The van der Waals surface area contributed by atoms with Crippen LogP contribution in [0.25, 0.3) is 11.4 Å². The number of aromatic nitrogens is 3. The van der Waals surface area contributed by atoms with Gasteiger partial charge in [-0.3, -0.25) is 0 Å². The van der Waals surface area contributed by atoms with Gasteiger partial charge in [-0.25, -0.2) is 14.4 Å². The smallest absolute Gasteiger partial charge is 0.181 e. The second-order valence-corrected chi connectivity index (χ2v) is 3.79. The molecule has 0 radical (unpaired) electrons. The lowest BCUT2D eigenvalue weighted by Gasteiger charge is -2.02. The average molecular weight is 242 g/mol. The summed E-state index contributed by atoms with van der Waals surface area (Å²) < 4.78 is 18.3. The summed E-state index contributed by atoms with van der Waals surface area (Å²) in [4.78, 5) is 7.90. The molecule has 0 spiro atoms. The van der Waals surface area contributed by atoms with Crippen molar-refractivity contribution in [3.63, 3.8) is 0 Å². The van der Waals surface area contributed by atoms with Crippen molar-refractivity contribution in [2.24, 2.45) is 0 Å². The first-order valence-corrected chi connectivity index (χ1v) is 5.01. The van der Waals surface area contributed by atoms with E-state index in [0.29, 0.717) is 22.8 Å². The molecule has 2 heterocycles. The molecule has 16 heavy (non-hydrogen) atoms. The Labute approximate surface area is 96.5 Å². The Morgan fingerprint density at radius 2 is 1.81 bits per heavy atom. The molecule has 0 aliphatic carbocycles. The van der Waals surface area contributed by atoms with Crippen LogP contribution in [0.3, 0.4) is 0 Å². The highest BCUT2D eigenvalue weighted by Crippen LogP contribution is 2.26. The largest absolute Gasteiger partial charge is 0.361 e. The minimum Gasteiger partial charge on any atom is -0.361 e. The number of aryl methyl sites for hydroxylation is 3. The highest BCUT2D eigenvalue weighted by Gasteiger charge is 2.17. The molecule has 0 fully saturated rings. The molecule has 0 saturated carbocycles. The van der Waals surface area contributed by atoms with Gasteiger partial charge in [0.1, 0.15) is 5.76 Å². The molecule has 0 aliphatic rings. The van der Waals surface area contributed by atoms with Crippen LogP contribution in [0.2, 0.25) is 5.15 Å². The van der Waals surface area contributed by atoms with E-state index in [0.717, 1.165) is 0 Å². The van der Waals surface area contributed by atoms with Crippen molar-refractivity contribution >= 4 is 11.6 Å². The van der Waals surface area contributed by atoms with Crippen LogP contribution < -0.4 is 0 Å². The Hall–Kier alpha value is -1.49. The molecule has 2 aromatic rings. The molecule has 2 aromatic heterocycles. The third-order valence-electron chi connectivity index (χ3n) is 2.23. The highest BCUT2D eigenvalue weighted by atomic mass is 35.5. The van der Waals surface area contributed by atoms with Gasteiger partial charge in [-0.15, -0.1) is 0 Å². The normalized spacial score (nSPS) is 10.8. The lowest BCUT2D eigenvalue weighted by molar-refractivity contribution is 0.393. The fourth-order valence-electron chi connectivity index (χ4n) is 1.44. The van der Waals surface area contributed by atoms with Gasteiger partial charge in [0, 0.05) is 0 Å². The molecule has 0 atom stereocenters. The minimum atomic E-state index is -0.600. The first kappa shape index (κ1) is 11.0. The molecule has 4 nitrogen and oxygen atoms in total. The zero-order chi connectivity index (χ0) is 11.9. The van der Waals surface area contributed by atoms with Crippen molar-refractivity contribution in [3.05, 3.63) is 28.1 Å². The third kappa shape index (κ3) is 1.67. The Morgan fingerprint density at radius 3 is 2.31 bits per heavy atom.